The van der Waals surface area contributed by atoms with Gasteiger partial charge in [-0.05, 0) is 11.4 Å². The standard InChI is InChI=1S/C11H16N2O2S/c1-15-10-7-12-6-9(10)13-11(14)5-8-3-2-4-16-8/h2-4,9-10,12H,5-7H2,1H3,(H,13,14). The molecule has 1 aliphatic rings. The lowest BCUT2D eigenvalue weighted by atomic mass is 10.2. The number of methoxy groups -OCH3 is 1. The van der Waals surface area contributed by atoms with Crippen LogP contribution in [0, 0.1) is 0 Å². The van der Waals surface area contributed by atoms with Crippen molar-refractivity contribution in [3.05, 3.63) is 22.4 Å². The van der Waals surface area contributed by atoms with Gasteiger partial charge in [0.25, 0.3) is 0 Å². The maximum Gasteiger partial charge on any atom is 0.225 e. The van der Waals surface area contributed by atoms with Crippen molar-refractivity contribution >= 4 is 17.2 Å². The smallest absolute Gasteiger partial charge is 0.225 e. The zero-order valence-electron chi connectivity index (χ0n) is 9.23. The summed E-state index contributed by atoms with van der Waals surface area (Å²) in [7, 11) is 1.68. The van der Waals surface area contributed by atoms with Gasteiger partial charge in [0, 0.05) is 25.1 Å². The van der Waals surface area contributed by atoms with Gasteiger partial charge in [0.05, 0.1) is 18.6 Å². The molecular weight excluding hydrogens is 224 g/mol. The first-order valence-corrected chi connectivity index (χ1v) is 6.23. The van der Waals surface area contributed by atoms with E-state index in [1.807, 2.05) is 17.5 Å². The van der Waals surface area contributed by atoms with Crippen LogP contribution in [-0.4, -0.2) is 38.3 Å². The summed E-state index contributed by atoms with van der Waals surface area (Å²) < 4.78 is 5.29. The van der Waals surface area contributed by atoms with E-state index < -0.39 is 0 Å². The predicted octanol–water partition coefficient (Wildman–Crippen LogP) is 0.394. The number of thiophene rings is 1. The second-order valence-electron chi connectivity index (χ2n) is 3.86. The molecule has 16 heavy (non-hydrogen) atoms. The second-order valence-corrected chi connectivity index (χ2v) is 4.89. The highest BCUT2D eigenvalue weighted by atomic mass is 32.1. The average molecular weight is 240 g/mol. The van der Waals surface area contributed by atoms with Gasteiger partial charge in [0.15, 0.2) is 0 Å². The Morgan fingerprint density at radius 1 is 1.69 bits per heavy atom. The molecule has 1 saturated heterocycles. The fourth-order valence-electron chi connectivity index (χ4n) is 1.88. The fraction of sp³-hybridized carbons (Fsp3) is 0.545. The van der Waals surface area contributed by atoms with Crippen molar-refractivity contribution in [3.63, 3.8) is 0 Å². The van der Waals surface area contributed by atoms with Gasteiger partial charge >= 0.3 is 0 Å². The van der Waals surface area contributed by atoms with Crippen molar-refractivity contribution in [1.82, 2.24) is 10.6 Å². The van der Waals surface area contributed by atoms with Crippen molar-refractivity contribution in [1.29, 1.82) is 0 Å². The summed E-state index contributed by atoms with van der Waals surface area (Å²) in [5.41, 5.74) is 0. The number of ether oxygens (including phenoxy) is 1. The van der Waals surface area contributed by atoms with E-state index in [4.69, 9.17) is 4.74 Å². The molecule has 2 heterocycles. The third-order valence-corrected chi connectivity index (χ3v) is 3.60. The molecule has 1 fully saturated rings. The molecule has 0 aromatic carbocycles. The van der Waals surface area contributed by atoms with E-state index in [2.05, 4.69) is 10.6 Å². The minimum Gasteiger partial charge on any atom is -0.378 e. The lowest BCUT2D eigenvalue weighted by Crippen LogP contribution is -2.44. The first-order chi connectivity index (χ1) is 7.79. The minimum absolute atomic E-state index is 0.0678. The first kappa shape index (κ1) is 11.6. The molecule has 1 amide bonds. The van der Waals surface area contributed by atoms with Crippen molar-refractivity contribution in [2.24, 2.45) is 0 Å². The number of rotatable bonds is 4. The Morgan fingerprint density at radius 3 is 3.25 bits per heavy atom. The van der Waals surface area contributed by atoms with Crippen molar-refractivity contribution in [2.45, 2.75) is 18.6 Å². The van der Waals surface area contributed by atoms with Crippen LogP contribution >= 0.6 is 11.3 Å². The maximum atomic E-state index is 11.7. The average Bonchev–Trinajstić information content (AvgIpc) is 2.88. The molecule has 5 heteroatoms. The SMILES string of the molecule is COC1CNCC1NC(=O)Cc1cccs1. The fourth-order valence-corrected chi connectivity index (χ4v) is 2.58. The van der Waals surface area contributed by atoms with E-state index in [-0.39, 0.29) is 18.1 Å². The Morgan fingerprint density at radius 2 is 2.56 bits per heavy atom. The van der Waals surface area contributed by atoms with Gasteiger partial charge in [0.1, 0.15) is 0 Å². The molecule has 0 saturated carbocycles. The number of hydrogen-bond acceptors (Lipinski definition) is 4. The summed E-state index contributed by atoms with van der Waals surface area (Å²) >= 11 is 1.61. The van der Waals surface area contributed by atoms with Crippen molar-refractivity contribution < 1.29 is 9.53 Å². The van der Waals surface area contributed by atoms with Gasteiger partial charge in [-0.3, -0.25) is 4.79 Å². The van der Waals surface area contributed by atoms with Gasteiger partial charge in [-0.15, -0.1) is 11.3 Å². The lowest BCUT2D eigenvalue weighted by Gasteiger charge is -2.18. The molecule has 1 aromatic heterocycles. The van der Waals surface area contributed by atoms with Crippen LogP contribution in [0.2, 0.25) is 0 Å². The largest absolute Gasteiger partial charge is 0.378 e. The number of nitrogens with one attached hydrogen (secondary N) is 2. The molecule has 2 rings (SSSR count). The Kier molecular flexibility index (Phi) is 3.93. The second kappa shape index (κ2) is 5.43. The van der Waals surface area contributed by atoms with E-state index in [9.17, 15) is 4.79 Å². The molecule has 4 nitrogen and oxygen atoms in total. The maximum absolute atomic E-state index is 11.7. The van der Waals surface area contributed by atoms with Crippen LogP contribution < -0.4 is 10.6 Å². The van der Waals surface area contributed by atoms with E-state index in [1.165, 1.54) is 0 Å². The van der Waals surface area contributed by atoms with Crippen LogP contribution in [0.4, 0.5) is 0 Å². The molecule has 1 aromatic rings. The third kappa shape index (κ3) is 2.81. The highest BCUT2D eigenvalue weighted by Gasteiger charge is 2.27. The molecule has 88 valence electrons. The summed E-state index contributed by atoms with van der Waals surface area (Å²) in [5.74, 6) is 0.0678. The topological polar surface area (TPSA) is 50.4 Å². The Balaban J connectivity index is 1.83. The summed E-state index contributed by atoms with van der Waals surface area (Å²) in [6.07, 6.45) is 0.553. The number of amides is 1. The molecule has 2 atom stereocenters. The molecule has 1 aliphatic heterocycles. The number of hydrogen-bond donors (Lipinski definition) is 2. The highest BCUT2D eigenvalue weighted by Crippen LogP contribution is 2.10. The zero-order chi connectivity index (χ0) is 11.4. The molecular formula is C11H16N2O2S. The van der Waals surface area contributed by atoms with Gasteiger partial charge in [-0.1, -0.05) is 6.07 Å². The van der Waals surface area contributed by atoms with Crippen LogP contribution in [0.15, 0.2) is 17.5 Å². The van der Waals surface area contributed by atoms with Gasteiger partial charge in [0.2, 0.25) is 5.91 Å². The van der Waals surface area contributed by atoms with Gasteiger partial charge in [-0.25, -0.2) is 0 Å². The van der Waals surface area contributed by atoms with E-state index >= 15 is 0 Å². The normalized spacial score (nSPS) is 24.6. The van der Waals surface area contributed by atoms with Crippen molar-refractivity contribution in [2.75, 3.05) is 20.2 Å². The van der Waals surface area contributed by atoms with Gasteiger partial charge in [-0.2, -0.15) is 0 Å². The number of carbonyl (C=O) groups excluding carboxylic acids is 1. The zero-order valence-corrected chi connectivity index (χ0v) is 10.0. The summed E-state index contributed by atoms with van der Waals surface area (Å²) in [4.78, 5) is 12.8. The molecule has 0 bridgehead atoms. The lowest BCUT2D eigenvalue weighted by molar-refractivity contribution is -0.121. The van der Waals surface area contributed by atoms with Crippen LogP contribution in [0.1, 0.15) is 4.88 Å². The molecule has 0 radical (unpaired) electrons. The Labute approximate surface area is 99.0 Å². The summed E-state index contributed by atoms with van der Waals surface area (Å²) in [5, 5.41) is 8.18. The first-order valence-electron chi connectivity index (χ1n) is 5.35. The summed E-state index contributed by atoms with van der Waals surface area (Å²) in [6, 6.07) is 4.03. The van der Waals surface area contributed by atoms with Crippen molar-refractivity contribution in [3.8, 4) is 0 Å². The molecule has 2 N–H and O–H groups in total. The van der Waals surface area contributed by atoms with Crippen LogP contribution in [0.25, 0.3) is 0 Å². The monoisotopic (exact) mass is 240 g/mol. The molecule has 0 aliphatic carbocycles. The minimum atomic E-state index is 0.0678. The Hall–Kier alpha value is -0.910. The van der Waals surface area contributed by atoms with Crippen LogP contribution in [-0.2, 0) is 16.0 Å². The van der Waals surface area contributed by atoms with Gasteiger partial charge < -0.3 is 15.4 Å². The third-order valence-electron chi connectivity index (χ3n) is 2.72. The predicted molar refractivity (Wildman–Crippen MR) is 63.6 cm³/mol. The quantitative estimate of drug-likeness (QED) is 0.800. The highest BCUT2D eigenvalue weighted by molar-refractivity contribution is 7.10. The summed E-state index contributed by atoms with van der Waals surface area (Å²) in [6.45, 7) is 1.59. The molecule has 0 spiro atoms. The number of carbonyl (C=O) groups is 1. The van der Waals surface area contributed by atoms with Crippen LogP contribution in [0.3, 0.4) is 0 Å². The van der Waals surface area contributed by atoms with Crippen LogP contribution in [0.5, 0.6) is 0 Å². The van der Waals surface area contributed by atoms with E-state index in [0.717, 1.165) is 18.0 Å². The Bertz CT molecular complexity index is 340. The van der Waals surface area contributed by atoms with E-state index in [1.54, 1.807) is 18.4 Å². The molecule has 2 unspecified atom stereocenters. The van der Waals surface area contributed by atoms with E-state index in [0.29, 0.717) is 6.42 Å².